The highest BCUT2D eigenvalue weighted by Crippen LogP contribution is 2.26. The Morgan fingerprint density at radius 3 is 2.54 bits per heavy atom. The number of carbonyl (C=O) groups excluding carboxylic acids is 1. The van der Waals surface area contributed by atoms with E-state index in [0.717, 1.165) is 0 Å². The van der Waals surface area contributed by atoms with Gasteiger partial charge in [0.25, 0.3) is 0 Å². The van der Waals surface area contributed by atoms with Crippen LogP contribution in [0.2, 0.25) is 0 Å². The van der Waals surface area contributed by atoms with Crippen LogP contribution in [0.3, 0.4) is 0 Å². The molecule has 0 aromatic carbocycles. The second kappa shape index (κ2) is 11.5. The molecule has 150 valence electrons. The zero-order valence-corrected chi connectivity index (χ0v) is 16.2. The molecular weight excluding hydrogens is 336 g/mol. The number of cyclic esters (lactones) is 1. The largest absolute Gasteiger partial charge is 0.462 e. The number of rotatable bonds is 2. The summed E-state index contributed by atoms with van der Waals surface area (Å²) in [4.78, 5) is 12.0. The van der Waals surface area contributed by atoms with Gasteiger partial charge in [0.2, 0.25) is 0 Å². The lowest BCUT2D eigenvalue weighted by Crippen LogP contribution is -2.45. The van der Waals surface area contributed by atoms with E-state index in [-0.39, 0.29) is 24.4 Å². The first-order valence-corrected chi connectivity index (χ1v) is 9.39. The molecule has 7 atom stereocenters. The Morgan fingerprint density at radius 2 is 1.92 bits per heavy atom. The van der Waals surface area contributed by atoms with Crippen molar-refractivity contribution in [3.8, 4) is 0 Å². The van der Waals surface area contributed by atoms with Gasteiger partial charge in [0.15, 0.2) is 0 Å². The van der Waals surface area contributed by atoms with Crippen molar-refractivity contribution in [2.75, 3.05) is 7.11 Å². The van der Waals surface area contributed by atoms with Gasteiger partial charge in [-0.2, -0.15) is 0 Å². The Bertz CT molecular complexity index is 475. The fourth-order valence-corrected chi connectivity index (χ4v) is 3.28. The van der Waals surface area contributed by atoms with Crippen LogP contribution in [0, 0.1) is 11.8 Å². The van der Waals surface area contributed by atoms with Crippen molar-refractivity contribution >= 4 is 5.97 Å². The third-order valence-corrected chi connectivity index (χ3v) is 4.98. The van der Waals surface area contributed by atoms with Crippen molar-refractivity contribution < 1.29 is 29.6 Å². The summed E-state index contributed by atoms with van der Waals surface area (Å²) in [6.07, 6.45) is 4.74. The lowest BCUT2D eigenvalue weighted by molar-refractivity contribution is -0.156. The van der Waals surface area contributed by atoms with E-state index in [9.17, 15) is 20.1 Å². The molecule has 1 heterocycles. The number of methoxy groups -OCH3 is 1. The van der Waals surface area contributed by atoms with Gasteiger partial charge in [-0.3, -0.25) is 4.79 Å². The zero-order valence-electron chi connectivity index (χ0n) is 16.2. The van der Waals surface area contributed by atoms with Crippen molar-refractivity contribution in [3.63, 3.8) is 0 Å². The minimum absolute atomic E-state index is 0.0642. The van der Waals surface area contributed by atoms with Gasteiger partial charge in [-0.15, -0.1) is 0 Å². The highest BCUT2D eigenvalue weighted by molar-refractivity contribution is 5.70. The summed E-state index contributed by atoms with van der Waals surface area (Å²) in [5.74, 6) is -0.760. The van der Waals surface area contributed by atoms with E-state index >= 15 is 0 Å². The maximum Gasteiger partial charge on any atom is 0.308 e. The standard InChI is InChI=1S/C20H34O6/c1-5-15-11-13(2)16(21)10-8-6-7-9-14(3)26-18(23)12-17(22)20(25-4)19(15)24/h6-8,10,13-17,19-22,24H,5,9,11-12H2,1-4H3/b7-6+,10-8-. The molecule has 0 aromatic heterocycles. The third-order valence-electron chi connectivity index (χ3n) is 4.98. The minimum atomic E-state index is -1.16. The van der Waals surface area contributed by atoms with Crippen LogP contribution in [0.4, 0.5) is 0 Å². The van der Waals surface area contributed by atoms with E-state index in [4.69, 9.17) is 9.47 Å². The number of aliphatic hydroxyl groups excluding tert-OH is 3. The van der Waals surface area contributed by atoms with Crippen molar-refractivity contribution in [1.29, 1.82) is 0 Å². The molecule has 3 N–H and O–H groups in total. The first-order chi connectivity index (χ1) is 12.3. The van der Waals surface area contributed by atoms with Gasteiger partial charge < -0.3 is 24.8 Å². The molecule has 0 fully saturated rings. The van der Waals surface area contributed by atoms with Crippen LogP contribution in [-0.2, 0) is 14.3 Å². The molecule has 0 bridgehead atoms. The monoisotopic (exact) mass is 370 g/mol. The Kier molecular flexibility index (Phi) is 10.1. The van der Waals surface area contributed by atoms with E-state index in [0.29, 0.717) is 19.3 Å². The van der Waals surface area contributed by atoms with Gasteiger partial charge in [-0.1, -0.05) is 44.6 Å². The topological polar surface area (TPSA) is 96.2 Å². The summed E-state index contributed by atoms with van der Waals surface area (Å²) >= 11 is 0. The van der Waals surface area contributed by atoms with Crippen LogP contribution >= 0.6 is 0 Å². The molecule has 0 aliphatic carbocycles. The van der Waals surface area contributed by atoms with Gasteiger partial charge in [-0.05, 0) is 25.2 Å². The number of allylic oxidation sites excluding steroid dienone is 2. The normalized spacial score (nSPS) is 40.6. The molecule has 7 unspecified atom stereocenters. The van der Waals surface area contributed by atoms with E-state index in [2.05, 4.69) is 0 Å². The molecule has 0 saturated heterocycles. The average Bonchev–Trinajstić information content (AvgIpc) is 2.58. The summed E-state index contributed by atoms with van der Waals surface area (Å²) in [6, 6.07) is 0. The molecule has 0 aromatic rings. The lowest BCUT2D eigenvalue weighted by Gasteiger charge is -2.33. The van der Waals surface area contributed by atoms with Gasteiger partial charge in [0.1, 0.15) is 12.2 Å². The molecule has 0 saturated carbocycles. The molecule has 6 nitrogen and oxygen atoms in total. The number of hydrogen-bond donors (Lipinski definition) is 3. The molecule has 26 heavy (non-hydrogen) atoms. The van der Waals surface area contributed by atoms with Crippen LogP contribution < -0.4 is 0 Å². The molecule has 1 aliphatic rings. The molecule has 1 aliphatic heterocycles. The van der Waals surface area contributed by atoms with Crippen LogP contribution in [0.1, 0.15) is 46.5 Å². The van der Waals surface area contributed by atoms with Gasteiger partial charge in [0.05, 0.1) is 24.7 Å². The smallest absolute Gasteiger partial charge is 0.308 e. The van der Waals surface area contributed by atoms with Crippen LogP contribution in [0.25, 0.3) is 0 Å². The van der Waals surface area contributed by atoms with Crippen LogP contribution in [0.5, 0.6) is 0 Å². The Balaban J connectivity index is 3.02. The first kappa shape index (κ1) is 22.8. The molecule has 0 spiro atoms. The van der Waals surface area contributed by atoms with Gasteiger partial charge in [0, 0.05) is 13.5 Å². The van der Waals surface area contributed by atoms with Crippen molar-refractivity contribution in [3.05, 3.63) is 24.3 Å². The summed E-state index contributed by atoms with van der Waals surface area (Å²) in [7, 11) is 1.40. The van der Waals surface area contributed by atoms with Crippen LogP contribution in [-0.4, -0.2) is 58.9 Å². The highest BCUT2D eigenvalue weighted by atomic mass is 16.5. The molecule has 6 heteroatoms. The maximum absolute atomic E-state index is 12.0. The SMILES string of the molecule is CCC1CC(C)C(O)/C=C\C=C\CC(C)OC(=O)CC(O)C(OC)C1O. The predicted molar refractivity (Wildman–Crippen MR) is 99.4 cm³/mol. The minimum Gasteiger partial charge on any atom is -0.462 e. The number of carbonyl (C=O) groups is 1. The summed E-state index contributed by atoms with van der Waals surface area (Å²) in [6.45, 7) is 5.64. The van der Waals surface area contributed by atoms with Crippen LogP contribution in [0.15, 0.2) is 24.3 Å². The summed E-state index contributed by atoms with van der Waals surface area (Å²) in [5, 5.41) is 31.4. The van der Waals surface area contributed by atoms with Crippen molar-refractivity contribution in [1.82, 2.24) is 0 Å². The number of esters is 1. The van der Waals surface area contributed by atoms with Crippen molar-refractivity contribution in [2.24, 2.45) is 11.8 Å². The highest BCUT2D eigenvalue weighted by Gasteiger charge is 2.35. The Labute approximate surface area is 156 Å². The van der Waals surface area contributed by atoms with Crippen molar-refractivity contribution in [2.45, 2.75) is 77.0 Å². The zero-order chi connectivity index (χ0) is 19.7. The van der Waals surface area contributed by atoms with Gasteiger partial charge in [-0.25, -0.2) is 0 Å². The average molecular weight is 370 g/mol. The van der Waals surface area contributed by atoms with E-state index < -0.39 is 30.4 Å². The second-order valence-corrected chi connectivity index (χ2v) is 7.18. The second-order valence-electron chi connectivity index (χ2n) is 7.18. The lowest BCUT2D eigenvalue weighted by atomic mass is 9.83. The van der Waals surface area contributed by atoms with E-state index in [1.807, 2.05) is 26.0 Å². The van der Waals surface area contributed by atoms with E-state index in [1.54, 1.807) is 19.1 Å². The first-order valence-electron chi connectivity index (χ1n) is 9.39. The third kappa shape index (κ3) is 7.19. The molecule has 0 amide bonds. The fourth-order valence-electron chi connectivity index (χ4n) is 3.28. The Hall–Kier alpha value is -1.21. The predicted octanol–water partition coefficient (Wildman–Crippen LogP) is 1.97. The molecule has 1 rings (SSSR count). The quantitative estimate of drug-likeness (QED) is 0.643. The van der Waals surface area contributed by atoms with Gasteiger partial charge >= 0.3 is 5.97 Å². The summed E-state index contributed by atoms with van der Waals surface area (Å²) in [5.41, 5.74) is 0. The van der Waals surface area contributed by atoms with E-state index in [1.165, 1.54) is 7.11 Å². The Morgan fingerprint density at radius 1 is 1.23 bits per heavy atom. The number of aliphatic hydroxyl groups is 3. The number of ether oxygens (including phenoxy) is 2. The maximum atomic E-state index is 12.0. The number of hydrogen-bond acceptors (Lipinski definition) is 6. The molecule has 0 radical (unpaired) electrons. The molecular formula is C20H34O6. The fraction of sp³-hybridized carbons (Fsp3) is 0.750. The summed E-state index contributed by atoms with van der Waals surface area (Å²) < 4.78 is 10.6.